The van der Waals surface area contributed by atoms with Crippen LogP contribution in [0.4, 0.5) is 0 Å². The molecule has 0 saturated heterocycles. The molecule has 0 aliphatic heterocycles. The van der Waals surface area contributed by atoms with Gasteiger partial charge in [0.05, 0.1) is 10.2 Å². The van der Waals surface area contributed by atoms with Crippen LogP contribution in [0.2, 0.25) is 0 Å². The maximum atomic E-state index is 12.3. The Kier molecular flexibility index (Phi) is 6.00. The summed E-state index contributed by atoms with van der Waals surface area (Å²) in [5.41, 5.74) is 2.45. The van der Waals surface area contributed by atoms with Crippen molar-refractivity contribution in [2.45, 2.75) is 26.8 Å². The number of rotatable bonds is 8. The number of carbonyl (C=O) groups excluding carboxylic acids is 1. The molecule has 1 N–H and O–H groups in total. The minimum atomic E-state index is -0.226. The number of hydrogen-bond acceptors (Lipinski definition) is 5. The zero-order valence-corrected chi connectivity index (χ0v) is 16.4. The molecule has 3 aromatic rings. The predicted octanol–water partition coefficient (Wildman–Crippen LogP) is 2.53. The molecule has 0 aromatic carbocycles. The van der Waals surface area contributed by atoms with Crippen molar-refractivity contribution in [3.8, 4) is 11.4 Å². The first-order valence-corrected chi connectivity index (χ1v) is 9.37. The van der Waals surface area contributed by atoms with E-state index in [-0.39, 0.29) is 5.91 Å². The van der Waals surface area contributed by atoms with E-state index in [1.807, 2.05) is 30.8 Å². The zero-order chi connectivity index (χ0) is 18.5. The number of fused-ring (bicyclic) bond motifs is 1. The average molecular weight is 421 g/mol. The van der Waals surface area contributed by atoms with E-state index in [2.05, 4.69) is 36.4 Å². The first-order valence-electron chi connectivity index (χ1n) is 8.58. The van der Waals surface area contributed by atoms with Crippen molar-refractivity contribution in [1.29, 1.82) is 0 Å². The van der Waals surface area contributed by atoms with Crippen molar-refractivity contribution in [2.24, 2.45) is 0 Å². The van der Waals surface area contributed by atoms with Gasteiger partial charge in [-0.25, -0.2) is 9.50 Å². The van der Waals surface area contributed by atoms with Gasteiger partial charge in [-0.15, -0.1) is 0 Å². The number of aryl methyl sites for hydroxylation is 1. The summed E-state index contributed by atoms with van der Waals surface area (Å²) in [5.74, 6) is -0.226. The topological polar surface area (TPSA) is 86.3 Å². The second kappa shape index (κ2) is 8.41. The monoisotopic (exact) mass is 420 g/mol. The fourth-order valence-electron chi connectivity index (χ4n) is 2.53. The van der Waals surface area contributed by atoms with Crippen LogP contribution in [-0.2, 0) is 11.3 Å². The van der Waals surface area contributed by atoms with Crippen molar-refractivity contribution in [3.05, 3.63) is 34.7 Å². The van der Waals surface area contributed by atoms with E-state index < -0.39 is 0 Å². The minimum Gasteiger partial charge on any atom is -0.382 e. The lowest BCUT2D eigenvalue weighted by molar-refractivity contribution is 0.0939. The Bertz CT molecular complexity index is 904. The van der Waals surface area contributed by atoms with Gasteiger partial charge in [-0.3, -0.25) is 9.48 Å². The Labute approximate surface area is 159 Å². The van der Waals surface area contributed by atoms with Crippen molar-refractivity contribution in [1.82, 2.24) is 29.7 Å². The molecular weight excluding hydrogens is 400 g/mol. The normalized spacial score (nSPS) is 11.2. The smallest absolute Gasteiger partial charge is 0.271 e. The molecule has 0 bridgehead atoms. The molecule has 3 rings (SSSR count). The van der Waals surface area contributed by atoms with Gasteiger partial charge < -0.3 is 10.1 Å². The molecular formula is C17H21BrN6O2. The molecule has 3 heterocycles. The summed E-state index contributed by atoms with van der Waals surface area (Å²) in [4.78, 5) is 16.6. The van der Waals surface area contributed by atoms with Crippen LogP contribution in [0, 0.1) is 0 Å². The van der Waals surface area contributed by atoms with Crippen LogP contribution in [0.1, 0.15) is 30.8 Å². The van der Waals surface area contributed by atoms with Gasteiger partial charge in [0.25, 0.3) is 5.91 Å². The first kappa shape index (κ1) is 18.5. The average Bonchev–Trinajstić information content (AvgIpc) is 3.24. The summed E-state index contributed by atoms with van der Waals surface area (Å²) in [6, 6.07) is 3.50. The third-order valence-electron chi connectivity index (χ3n) is 3.83. The lowest BCUT2D eigenvalue weighted by atomic mass is 10.3. The predicted molar refractivity (Wildman–Crippen MR) is 101 cm³/mol. The lowest BCUT2D eigenvalue weighted by Crippen LogP contribution is -2.25. The van der Waals surface area contributed by atoms with E-state index in [1.54, 1.807) is 16.8 Å². The maximum absolute atomic E-state index is 12.3. The Morgan fingerprint density at radius 3 is 2.92 bits per heavy atom. The molecule has 0 atom stereocenters. The summed E-state index contributed by atoms with van der Waals surface area (Å²) in [6.45, 7) is 6.58. The van der Waals surface area contributed by atoms with Gasteiger partial charge in [0.2, 0.25) is 0 Å². The van der Waals surface area contributed by atoms with Crippen LogP contribution in [-0.4, -0.2) is 50.0 Å². The highest BCUT2D eigenvalue weighted by molar-refractivity contribution is 9.10. The third kappa shape index (κ3) is 3.94. The van der Waals surface area contributed by atoms with Gasteiger partial charge in [-0.05, 0) is 42.3 Å². The van der Waals surface area contributed by atoms with Crippen molar-refractivity contribution >= 4 is 27.5 Å². The van der Waals surface area contributed by atoms with Gasteiger partial charge >= 0.3 is 0 Å². The summed E-state index contributed by atoms with van der Waals surface area (Å²) in [5, 5.41) is 11.8. The van der Waals surface area contributed by atoms with Crippen LogP contribution in [0.5, 0.6) is 0 Å². The van der Waals surface area contributed by atoms with E-state index in [0.29, 0.717) is 31.1 Å². The molecule has 8 nitrogen and oxygen atoms in total. The Hall–Kier alpha value is -2.26. The number of halogens is 1. The molecule has 138 valence electrons. The van der Waals surface area contributed by atoms with Crippen LogP contribution in [0.3, 0.4) is 0 Å². The lowest BCUT2D eigenvalue weighted by Gasteiger charge is -2.03. The largest absolute Gasteiger partial charge is 0.382 e. The van der Waals surface area contributed by atoms with E-state index in [0.717, 1.165) is 28.8 Å². The van der Waals surface area contributed by atoms with Gasteiger partial charge in [0.1, 0.15) is 5.69 Å². The molecule has 0 radical (unpaired) electrons. The maximum Gasteiger partial charge on any atom is 0.271 e. The molecule has 0 saturated carbocycles. The van der Waals surface area contributed by atoms with Crippen molar-refractivity contribution < 1.29 is 9.53 Å². The summed E-state index contributed by atoms with van der Waals surface area (Å²) in [7, 11) is 0. The second-order valence-electron chi connectivity index (χ2n) is 5.62. The number of carbonyl (C=O) groups is 1. The number of ether oxygens (including phenoxy) is 1. The van der Waals surface area contributed by atoms with E-state index in [9.17, 15) is 4.79 Å². The van der Waals surface area contributed by atoms with Crippen LogP contribution in [0.25, 0.3) is 17.0 Å². The highest BCUT2D eigenvalue weighted by Crippen LogP contribution is 2.26. The molecule has 0 fully saturated rings. The van der Waals surface area contributed by atoms with E-state index >= 15 is 0 Å². The number of nitrogens with one attached hydrogen (secondary N) is 1. The highest BCUT2D eigenvalue weighted by Gasteiger charge is 2.17. The van der Waals surface area contributed by atoms with Gasteiger partial charge in [-0.2, -0.15) is 10.2 Å². The van der Waals surface area contributed by atoms with Crippen LogP contribution < -0.4 is 5.32 Å². The van der Waals surface area contributed by atoms with Crippen LogP contribution in [0.15, 0.2) is 29.0 Å². The molecule has 0 aliphatic rings. The van der Waals surface area contributed by atoms with Crippen molar-refractivity contribution in [2.75, 3.05) is 19.8 Å². The fraction of sp³-hybridized carbons (Fsp3) is 0.412. The second-order valence-corrected chi connectivity index (χ2v) is 6.47. The molecule has 26 heavy (non-hydrogen) atoms. The molecule has 0 spiro atoms. The summed E-state index contributed by atoms with van der Waals surface area (Å²) in [6.07, 6.45) is 4.36. The Morgan fingerprint density at radius 1 is 1.35 bits per heavy atom. The van der Waals surface area contributed by atoms with Gasteiger partial charge in [0.15, 0.2) is 11.3 Å². The standard InChI is InChI=1S/C17H21BrN6O2/c1-3-23-11-12(18)16(22-23)14-6-8-19-15-10-13(21-24(14)15)17(25)20-7-5-9-26-4-2/h6,8,10-11H,3-5,7,9H2,1-2H3,(H,20,25). The molecule has 1 amide bonds. The molecule has 0 aliphatic carbocycles. The first-order chi connectivity index (χ1) is 12.6. The number of aromatic nitrogens is 5. The third-order valence-corrected chi connectivity index (χ3v) is 4.41. The number of nitrogens with zero attached hydrogens (tertiary/aromatic N) is 5. The van der Waals surface area contributed by atoms with E-state index in [1.165, 1.54) is 0 Å². The van der Waals surface area contributed by atoms with Crippen LogP contribution >= 0.6 is 15.9 Å². The molecule has 3 aromatic heterocycles. The fourth-order valence-corrected chi connectivity index (χ4v) is 3.05. The summed E-state index contributed by atoms with van der Waals surface area (Å²) >= 11 is 3.53. The van der Waals surface area contributed by atoms with E-state index in [4.69, 9.17) is 4.74 Å². The highest BCUT2D eigenvalue weighted by atomic mass is 79.9. The quantitative estimate of drug-likeness (QED) is 0.565. The molecule has 0 unspecified atom stereocenters. The number of hydrogen-bond donors (Lipinski definition) is 1. The van der Waals surface area contributed by atoms with Gasteiger partial charge in [-0.1, -0.05) is 0 Å². The Morgan fingerprint density at radius 2 is 2.19 bits per heavy atom. The zero-order valence-electron chi connectivity index (χ0n) is 14.8. The van der Waals surface area contributed by atoms with Crippen molar-refractivity contribution in [3.63, 3.8) is 0 Å². The van der Waals surface area contributed by atoms with Gasteiger partial charge in [0, 0.05) is 44.8 Å². The number of amides is 1. The Balaban J connectivity index is 1.82. The summed E-state index contributed by atoms with van der Waals surface area (Å²) < 4.78 is 9.60. The SMILES string of the molecule is CCOCCCNC(=O)c1cc2nccc(-c3nn(CC)cc3Br)n2n1. The molecule has 9 heteroatoms. The minimum absolute atomic E-state index is 0.226.